The first-order valence-electron chi connectivity index (χ1n) is 4.62. The number of amides is 2. The van der Waals surface area contributed by atoms with E-state index in [1.54, 1.807) is 12.1 Å². The predicted octanol–water partition coefficient (Wildman–Crippen LogP) is 0.974. The molecule has 0 radical (unpaired) electrons. The van der Waals surface area contributed by atoms with E-state index in [4.69, 9.17) is 33.7 Å². The molecule has 0 spiro atoms. The van der Waals surface area contributed by atoms with Gasteiger partial charge in [0.05, 0.1) is 11.6 Å². The topological polar surface area (TPSA) is 81.4 Å². The molecule has 0 atom stereocenters. The van der Waals surface area contributed by atoms with Crippen molar-refractivity contribution in [2.75, 3.05) is 13.2 Å². The van der Waals surface area contributed by atoms with Crippen LogP contribution in [-0.2, 0) is 9.59 Å². The monoisotopic (exact) mass is 276 g/mol. The van der Waals surface area contributed by atoms with Crippen molar-refractivity contribution in [3.63, 3.8) is 0 Å². The molecule has 5 nitrogen and oxygen atoms in total. The highest BCUT2D eigenvalue weighted by Crippen LogP contribution is 2.27. The van der Waals surface area contributed by atoms with Gasteiger partial charge in [-0.25, -0.2) is 0 Å². The van der Waals surface area contributed by atoms with Crippen molar-refractivity contribution in [3.05, 3.63) is 28.2 Å². The summed E-state index contributed by atoms with van der Waals surface area (Å²) in [5.41, 5.74) is 4.86. The fourth-order valence-corrected chi connectivity index (χ4v) is 1.44. The van der Waals surface area contributed by atoms with Gasteiger partial charge in [-0.15, -0.1) is 0 Å². The first-order chi connectivity index (χ1) is 7.99. The van der Waals surface area contributed by atoms with Gasteiger partial charge in [0.1, 0.15) is 5.75 Å². The van der Waals surface area contributed by atoms with Gasteiger partial charge in [0.2, 0.25) is 5.91 Å². The maximum atomic E-state index is 11.2. The molecule has 0 aliphatic heterocycles. The fraction of sp³-hybridized carbons (Fsp3) is 0.200. The molecule has 1 aromatic carbocycles. The summed E-state index contributed by atoms with van der Waals surface area (Å²) in [7, 11) is 0. The molecule has 0 heterocycles. The molecular weight excluding hydrogens is 267 g/mol. The zero-order valence-corrected chi connectivity index (χ0v) is 10.2. The molecule has 7 heteroatoms. The molecule has 17 heavy (non-hydrogen) atoms. The van der Waals surface area contributed by atoms with Crippen LogP contribution in [-0.4, -0.2) is 25.0 Å². The number of carbonyl (C=O) groups is 2. The van der Waals surface area contributed by atoms with Crippen LogP contribution in [0.1, 0.15) is 0 Å². The number of benzene rings is 1. The van der Waals surface area contributed by atoms with Gasteiger partial charge in [-0.3, -0.25) is 9.59 Å². The van der Waals surface area contributed by atoms with Gasteiger partial charge in [0.25, 0.3) is 5.91 Å². The Balaban J connectivity index is 2.44. The second kappa shape index (κ2) is 6.32. The molecule has 0 bridgehead atoms. The van der Waals surface area contributed by atoms with E-state index in [0.29, 0.717) is 15.8 Å². The number of hydrogen-bond donors (Lipinski definition) is 2. The highest BCUT2D eigenvalue weighted by Gasteiger charge is 2.06. The minimum atomic E-state index is -0.622. The lowest BCUT2D eigenvalue weighted by atomic mass is 10.3. The van der Waals surface area contributed by atoms with Gasteiger partial charge in [0.15, 0.2) is 6.61 Å². The molecule has 2 amide bonds. The summed E-state index contributed by atoms with van der Waals surface area (Å²) in [5, 5.41) is 3.05. The van der Waals surface area contributed by atoms with E-state index in [-0.39, 0.29) is 13.2 Å². The van der Waals surface area contributed by atoms with Crippen molar-refractivity contribution in [1.29, 1.82) is 0 Å². The predicted molar refractivity (Wildman–Crippen MR) is 64.2 cm³/mol. The molecule has 0 aliphatic carbocycles. The maximum Gasteiger partial charge on any atom is 0.258 e. The molecule has 0 saturated heterocycles. The molecular formula is C10H10Cl2N2O3. The second-order valence-corrected chi connectivity index (χ2v) is 3.95. The zero-order valence-electron chi connectivity index (χ0n) is 8.70. The van der Waals surface area contributed by atoms with Crippen molar-refractivity contribution in [1.82, 2.24) is 5.32 Å². The van der Waals surface area contributed by atoms with E-state index >= 15 is 0 Å². The van der Waals surface area contributed by atoms with Crippen LogP contribution in [0.4, 0.5) is 0 Å². The van der Waals surface area contributed by atoms with Gasteiger partial charge in [-0.05, 0) is 18.2 Å². The number of rotatable bonds is 5. The van der Waals surface area contributed by atoms with Crippen LogP contribution < -0.4 is 15.8 Å². The quantitative estimate of drug-likeness (QED) is 0.841. The minimum absolute atomic E-state index is 0.226. The molecule has 3 N–H and O–H groups in total. The Morgan fingerprint density at radius 2 is 2.06 bits per heavy atom. The van der Waals surface area contributed by atoms with Crippen LogP contribution in [0.2, 0.25) is 10.0 Å². The Morgan fingerprint density at radius 1 is 1.35 bits per heavy atom. The molecule has 0 saturated carbocycles. The van der Waals surface area contributed by atoms with E-state index in [9.17, 15) is 9.59 Å². The van der Waals surface area contributed by atoms with Crippen molar-refractivity contribution in [3.8, 4) is 5.75 Å². The third kappa shape index (κ3) is 4.93. The summed E-state index contributed by atoms with van der Waals surface area (Å²) in [6.45, 7) is -0.481. The largest absolute Gasteiger partial charge is 0.482 e. The zero-order chi connectivity index (χ0) is 12.8. The highest BCUT2D eigenvalue weighted by molar-refractivity contribution is 6.35. The van der Waals surface area contributed by atoms with Crippen molar-refractivity contribution < 1.29 is 14.3 Å². The lowest BCUT2D eigenvalue weighted by Gasteiger charge is -2.07. The summed E-state index contributed by atoms with van der Waals surface area (Å²) < 4.78 is 5.13. The molecule has 1 aromatic rings. The number of nitrogens with two attached hydrogens (primary N) is 1. The first-order valence-corrected chi connectivity index (χ1v) is 5.37. The van der Waals surface area contributed by atoms with Crippen LogP contribution in [0.15, 0.2) is 18.2 Å². The Kier molecular flexibility index (Phi) is 5.06. The maximum absolute atomic E-state index is 11.2. The average Bonchev–Trinajstić information content (AvgIpc) is 2.25. The van der Waals surface area contributed by atoms with E-state index < -0.39 is 11.8 Å². The van der Waals surface area contributed by atoms with E-state index in [0.717, 1.165) is 0 Å². The molecule has 92 valence electrons. The summed E-state index contributed by atoms with van der Waals surface area (Å²) in [4.78, 5) is 21.6. The molecule has 0 unspecified atom stereocenters. The van der Waals surface area contributed by atoms with Crippen LogP contribution in [0.25, 0.3) is 0 Å². The summed E-state index contributed by atoms with van der Waals surface area (Å²) in [6, 6.07) is 4.63. The Hall–Kier alpha value is -1.46. The average molecular weight is 277 g/mol. The van der Waals surface area contributed by atoms with E-state index in [2.05, 4.69) is 5.32 Å². The Morgan fingerprint density at radius 3 is 2.65 bits per heavy atom. The molecule has 1 rings (SSSR count). The van der Waals surface area contributed by atoms with E-state index in [1.165, 1.54) is 6.07 Å². The third-order valence-electron chi connectivity index (χ3n) is 1.71. The Labute approximate surface area is 108 Å². The summed E-state index contributed by atoms with van der Waals surface area (Å²) >= 11 is 11.5. The third-order valence-corrected chi connectivity index (χ3v) is 2.24. The number of hydrogen-bond acceptors (Lipinski definition) is 3. The molecule has 0 fully saturated rings. The van der Waals surface area contributed by atoms with E-state index in [1.807, 2.05) is 0 Å². The van der Waals surface area contributed by atoms with Gasteiger partial charge in [0, 0.05) is 5.02 Å². The van der Waals surface area contributed by atoms with Crippen LogP contribution >= 0.6 is 23.2 Å². The standard InChI is InChI=1S/C10H10Cl2N2O3/c11-6-1-2-8(7(12)3-6)17-5-10(16)14-4-9(13)15/h1-3H,4-5H2,(H2,13,15)(H,14,16). The number of ether oxygens (including phenoxy) is 1. The highest BCUT2D eigenvalue weighted by atomic mass is 35.5. The van der Waals surface area contributed by atoms with Crippen molar-refractivity contribution >= 4 is 35.0 Å². The Bertz CT molecular complexity index is 438. The van der Waals surface area contributed by atoms with Crippen molar-refractivity contribution in [2.45, 2.75) is 0 Å². The van der Waals surface area contributed by atoms with Gasteiger partial charge in [-0.1, -0.05) is 23.2 Å². The van der Waals surface area contributed by atoms with Crippen LogP contribution in [0, 0.1) is 0 Å². The summed E-state index contributed by atoms with van der Waals surface area (Å²) in [6.07, 6.45) is 0. The molecule has 0 aromatic heterocycles. The lowest BCUT2D eigenvalue weighted by molar-refractivity contribution is -0.126. The van der Waals surface area contributed by atoms with Crippen LogP contribution in [0.3, 0.4) is 0 Å². The minimum Gasteiger partial charge on any atom is -0.482 e. The van der Waals surface area contributed by atoms with Gasteiger partial charge in [-0.2, -0.15) is 0 Å². The van der Waals surface area contributed by atoms with Gasteiger partial charge >= 0.3 is 0 Å². The number of primary amides is 1. The first kappa shape index (κ1) is 13.6. The van der Waals surface area contributed by atoms with Gasteiger partial charge < -0.3 is 15.8 Å². The van der Waals surface area contributed by atoms with Crippen molar-refractivity contribution in [2.24, 2.45) is 5.73 Å². The number of carbonyl (C=O) groups excluding carboxylic acids is 2. The molecule has 0 aliphatic rings. The normalized spacial score (nSPS) is 9.76. The SMILES string of the molecule is NC(=O)CNC(=O)COc1ccc(Cl)cc1Cl. The smallest absolute Gasteiger partial charge is 0.258 e. The number of nitrogens with one attached hydrogen (secondary N) is 1. The van der Waals surface area contributed by atoms with Crippen LogP contribution in [0.5, 0.6) is 5.75 Å². The fourth-order valence-electron chi connectivity index (χ4n) is 0.972. The summed E-state index contributed by atoms with van der Waals surface area (Å²) in [5.74, 6) is -0.747. The lowest BCUT2D eigenvalue weighted by Crippen LogP contribution is -2.36. The second-order valence-electron chi connectivity index (χ2n) is 3.11. The number of halogens is 2.